The van der Waals surface area contributed by atoms with Crippen molar-refractivity contribution in [1.82, 2.24) is 19.6 Å². The molecule has 0 saturated carbocycles. The maximum absolute atomic E-state index is 12.9. The van der Waals surface area contributed by atoms with Crippen LogP contribution in [0.2, 0.25) is 0 Å². The van der Waals surface area contributed by atoms with Gasteiger partial charge in [-0.05, 0) is 55.3 Å². The maximum Gasteiger partial charge on any atom is 0.255 e. The van der Waals surface area contributed by atoms with E-state index >= 15 is 0 Å². The van der Waals surface area contributed by atoms with Crippen LogP contribution in [0.5, 0.6) is 5.75 Å². The van der Waals surface area contributed by atoms with Crippen LogP contribution < -0.4 is 10.1 Å². The van der Waals surface area contributed by atoms with Crippen molar-refractivity contribution in [2.24, 2.45) is 0 Å². The molecule has 0 atom stereocenters. The highest BCUT2D eigenvalue weighted by Gasteiger charge is 2.16. The number of nitrogens with one attached hydrogen (secondary N) is 1. The van der Waals surface area contributed by atoms with Gasteiger partial charge in [-0.2, -0.15) is 10.2 Å². The lowest BCUT2D eigenvalue weighted by atomic mass is 10.1. The first-order valence-electron chi connectivity index (χ1n) is 10.1. The summed E-state index contributed by atoms with van der Waals surface area (Å²) in [5.74, 6) is 0.650. The molecule has 31 heavy (non-hydrogen) atoms. The van der Waals surface area contributed by atoms with Crippen LogP contribution in [-0.2, 0) is 13.1 Å². The molecule has 0 fully saturated rings. The van der Waals surface area contributed by atoms with Crippen molar-refractivity contribution >= 4 is 11.6 Å². The van der Waals surface area contributed by atoms with Crippen LogP contribution in [0.1, 0.15) is 32.9 Å². The zero-order chi connectivity index (χ0) is 21.8. The van der Waals surface area contributed by atoms with E-state index in [1.165, 1.54) is 0 Å². The van der Waals surface area contributed by atoms with Gasteiger partial charge in [0.15, 0.2) is 0 Å². The Bertz CT molecular complexity index is 1190. The van der Waals surface area contributed by atoms with E-state index in [1.807, 2.05) is 84.0 Å². The molecule has 4 aromatic rings. The number of rotatable bonds is 7. The van der Waals surface area contributed by atoms with Gasteiger partial charge in [0, 0.05) is 18.0 Å². The standard InChI is InChI=1S/C24H25N5O2/c1-17-23(18(2)29(27-17)16-20-8-5-10-22(14-20)31-3)26-24(30)21-9-4-7-19(13-21)15-28-12-6-11-25-28/h4-14H,15-16H2,1-3H3,(H,26,30). The molecule has 2 heterocycles. The van der Waals surface area contributed by atoms with Gasteiger partial charge < -0.3 is 10.1 Å². The molecule has 1 amide bonds. The van der Waals surface area contributed by atoms with Crippen molar-refractivity contribution in [3.63, 3.8) is 0 Å². The first-order valence-corrected chi connectivity index (χ1v) is 10.1. The molecule has 0 aliphatic rings. The number of carbonyl (C=O) groups is 1. The second-order valence-electron chi connectivity index (χ2n) is 7.41. The van der Waals surface area contributed by atoms with Crippen molar-refractivity contribution in [2.75, 3.05) is 12.4 Å². The topological polar surface area (TPSA) is 74.0 Å². The molecule has 0 saturated heterocycles. The zero-order valence-electron chi connectivity index (χ0n) is 17.9. The molecule has 7 heteroatoms. The largest absolute Gasteiger partial charge is 0.497 e. The van der Waals surface area contributed by atoms with Crippen molar-refractivity contribution < 1.29 is 9.53 Å². The summed E-state index contributed by atoms with van der Waals surface area (Å²) in [5.41, 5.74) is 5.12. The first-order chi connectivity index (χ1) is 15.0. The lowest BCUT2D eigenvalue weighted by Crippen LogP contribution is -2.14. The van der Waals surface area contributed by atoms with Crippen LogP contribution in [0.25, 0.3) is 0 Å². The number of methoxy groups -OCH3 is 1. The average Bonchev–Trinajstić information content (AvgIpc) is 3.38. The van der Waals surface area contributed by atoms with Crippen LogP contribution in [0, 0.1) is 13.8 Å². The maximum atomic E-state index is 12.9. The Balaban J connectivity index is 1.51. The third-order valence-electron chi connectivity index (χ3n) is 5.18. The fourth-order valence-corrected chi connectivity index (χ4v) is 3.55. The number of nitrogens with zero attached hydrogens (tertiary/aromatic N) is 4. The molecule has 7 nitrogen and oxygen atoms in total. The number of benzene rings is 2. The Hall–Kier alpha value is -3.87. The van der Waals surface area contributed by atoms with Gasteiger partial charge in [0.2, 0.25) is 0 Å². The summed E-state index contributed by atoms with van der Waals surface area (Å²) in [6.07, 6.45) is 3.64. The van der Waals surface area contributed by atoms with Gasteiger partial charge in [-0.15, -0.1) is 0 Å². The van der Waals surface area contributed by atoms with E-state index in [1.54, 1.807) is 13.3 Å². The zero-order valence-corrected chi connectivity index (χ0v) is 17.9. The molecule has 158 valence electrons. The fourth-order valence-electron chi connectivity index (χ4n) is 3.55. The smallest absolute Gasteiger partial charge is 0.255 e. The van der Waals surface area contributed by atoms with Crippen molar-refractivity contribution in [3.05, 3.63) is 95.1 Å². The van der Waals surface area contributed by atoms with Crippen molar-refractivity contribution in [3.8, 4) is 5.75 Å². The van der Waals surface area contributed by atoms with E-state index in [0.717, 1.165) is 34.0 Å². The Kier molecular flexibility index (Phi) is 5.84. The second kappa shape index (κ2) is 8.87. The van der Waals surface area contributed by atoms with E-state index in [-0.39, 0.29) is 5.91 Å². The molecule has 0 aliphatic heterocycles. The highest BCUT2D eigenvalue weighted by Crippen LogP contribution is 2.22. The third-order valence-corrected chi connectivity index (χ3v) is 5.18. The normalized spacial score (nSPS) is 10.8. The Morgan fingerprint density at radius 2 is 1.81 bits per heavy atom. The molecule has 0 aliphatic carbocycles. The number of carbonyl (C=O) groups excluding carboxylic acids is 1. The molecule has 0 spiro atoms. The number of aryl methyl sites for hydroxylation is 1. The summed E-state index contributed by atoms with van der Waals surface area (Å²) in [4.78, 5) is 12.9. The summed E-state index contributed by atoms with van der Waals surface area (Å²) in [6.45, 7) is 5.08. The molecule has 0 unspecified atom stereocenters. The SMILES string of the molecule is COc1cccc(Cn2nc(C)c(NC(=O)c3cccc(Cn4cccn4)c3)c2C)c1. The Morgan fingerprint density at radius 3 is 2.55 bits per heavy atom. The lowest BCUT2D eigenvalue weighted by molar-refractivity contribution is 0.102. The highest BCUT2D eigenvalue weighted by atomic mass is 16.5. The molecule has 1 N–H and O–H groups in total. The van der Waals surface area contributed by atoms with Gasteiger partial charge in [0.1, 0.15) is 5.75 Å². The second-order valence-corrected chi connectivity index (χ2v) is 7.41. The van der Waals surface area contributed by atoms with Crippen LogP contribution in [-0.4, -0.2) is 32.6 Å². The Labute approximate surface area is 181 Å². The lowest BCUT2D eigenvalue weighted by Gasteiger charge is -2.09. The van der Waals surface area contributed by atoms with Gasteiger partial charge in [-0.3, -0.25) is 14.2 Å². The molecule has 0 bridgehead atoms. The third kappa shape index (κ3) is 4.66. The van der Waals surface area contributed by atoms with E-state index in [4.69, 9.17) is 4.74 Å². The van der Waals surface area contributed by atoms with Gasteiger partial charge in [0.05, 0.1) is 37.3 Å². The first kappa shape index (κ1) is 20.4. The number of aromatic nitrogens is 4. The molecule has 2 aromatic carbocycles. The van der Waals surface area contributed by atoms with Gasteiger partial charge in [0.25, 0.3) is 5.91 Å². The van der Waals surface area contributed by atoms with Gasteiger partial charge >= 0.3 is 0 Å². The number of amides is 1. The number of hydrogen-bond donors (Lipinski definition) is 1. The van der Waals surface area contributed by atoms with Gasteiger partial charge in [-0.1, -0.05) is 24.3 Å². The van der Waals surface area contributed by atoms with Crippen LogP contribution in [0.3, 0.4) is 0 Å². The number of ether oxygens (including phenoxy) is 1. The highest BCUT2D eigenvalue weighted by molar-refractivity contribution is 6.05. The van der Waals surface area contributed by atoms with E-state index in [2.05, 4.69) is 15.5 Å². The van der Waals surface area contributed by atoms with Crippen LogP contribution in [0.4, 0.5) is 5.69 Å². The minimum Gasteiger partial charge on any atom is -0.497 e. The predicted molar refractivity (Wildman–Crippen MR) is 120 cm³/mol. The monoisotopic (exact) mass is 415 g/mol. The summed E-state index contributed by atoms with van der Waals surface area (Å²) >= 11 is 0. The van der Waals surface area contributed by atoms with Gasteiger partial charge in [-0.25, -0.2) is 0 Å². The molecule has 0 radical (unpaired) electrons. The van der Waals surface area contributed by atoms with Crippen molar-refractivity contribution in [1.29, 1.82) is 0 Å². The number of anilines is 1. The minimum absolute atomic E-state index is 0.158. The summed E-state index contributed by atoms with van der Waals surface area (Å²) in [5, 5.41) is 11.9. The molecular weight excluding hydrogens is 390 g/mol. The summed E-state index contributed by atoms with van der Waals surface area (Å²) in [6, 6.07) is 17.3. The molecular formula is C24H25N5O2. The van der Waals surface area contributed by atoms with E-state index < -0.39 is 0 Å². The van der Waals surface area contributed by atoms with Crippen LogP contribution in [0.15, 0.2) is 67.0 Å². The summed E-state index contributed by atoms with van der Waals surface area (Å²) in [7, 11) is 1.65. The summed E-state index contributed by atoms with van der Waals surface area (Å²) < 4.78 is 9.03. The number of hydrogen-bond acceptors (Lipinski definition) is 4. The average molecular weight is 415 g/mol. The van der Waals surface area contributed by atoms with E-state index in [9.17, 15) is 4.79 Å². The van der Waals surface area contributed by atoms with Crippen molar-refractivity contribution in [2.45, 2.75) is 26.9 Å². The quantitative estimate of drug-likeness (QED) is 0.494. The minimum atomic E-state index is -0.158. The van der Waals surface area contributed by atoms with Crippen LogP contribution >= 0.6 is 0 Å². The molecule has 4 rings (SSSR count). The Morgan fingerprint density at radius 1 is 1.03 bits per heavy atom. The molecule has 2 aromatic heterocycles. The predicted octanol–water partition coefficient (Wildman–Crippen LogP) is 4.05. The van der Waals surface area contributed by atoms with E-state index in [0.29, 0.717) is 18.7 Å². The fraction of sp³-hybridized carbons (Fsp3) is 0.208.